The Morgan fingerprint density at radius 1 is 1.00 bits per heavy atom. The van der Waals surface area contributed by atoms with E-state index in [1.807, 2.05) is 49.4 Å². The summed E-state index contributed by atoms with van der Waals surface area (Å²) in [4.78, 5) is 4.45. The van der Waals surface area contributed by atoms with Crippen molar-refractivity contribution >= 4 is 21.9 Å². The lowest BCUT2D eigenvalue weighted by molar-refractivity contribution is 0.668. The number of nitriles is 1. The van der Waals surface area contributed by atoms with E-state index in [0.717, 1.165) is 33.2 Å². The Morgan fingerprint density at radius 3 is 2.55 bits per heavy atom. The zero-order chi connectivity index (χ0) is 15.1. The minimum absolute atomic E-state index is 0.553. The van der Waals surface area contributed by atoms with Gasteiger partial charge in [0, 0.05) is 22.5 Å². The number of aromatic nitrogens is 1. The number of pyridine rings is 1. The second-order valence-corrected chi connectivity index (χ2v) is 5.30. The van der Waals surface area contributed by atoms with Gasteiger partial charge in [-0.2, -0.15) is 5.26 Å². The number of benzene rings is 2. The number of rotatable bonds is 1. The molecule has 2 aromatic heterocycles. The standard InChI is InChI=1S/C19H12N2O/c1-12-8-9-21-17(10-12)16-7-3-6-15-14-5-2-4-13(11-20)18(14)22-19(15)16/h2-10H,1H3. The molecule has 0 aliphatic heterocycles. The highest BCUT2D eigenvalue weighted by Crippen LogP contribution is 2.36. The van der Waals surface area contributed by atoms with Gasteiger partial charge >= 0.3 is 0 Å². The van der Waals surface area contributed by atoms with Crippen LogP contribution in [0.4, 0.5) is 0 Å². The molecular formula is C19H12N2O. The summed E-state index contributed by atoms with van der Waals surface area (Å²) >= 11 is 0. The first-order valence-electron chi connectivity index (χ1n) is 7.05. The minimum Gasteiger partial charge on any atom is -0.454 e. The van der Waals surface area contributed by atoms with Crippen LogP contribution in [0.3, 0.4) is 0 Å². The van der Waals surface area contributed by atoms with Gasteiger partial charge in [-0.15, -0.1) is 0 Å². The van der Waals surface area contributed by atoms with Crippen LogP contribution >= 0.6 is 0 Å². The molecule has 0 aliphatic rings. The number of fused-ring (bicyclic) bond motifs is 3. The molecule has 104 valence electrons. The van der Waals surface area contributed by atoms with Crippen molar-refractivity contribution in [3.8, 4) is 17.3 Å². The Balaban J connectivity index is 2.12. The second-order valence-electron chi connectivity index (χ2n) is 5.30. The van der Waals surface area contributed by atoms with Gasteiger partial charge in [0.1, 0.15) is 11.7 Å². The van der Waals surface area contributed by atoms with Crippen molar-refractivity contribution < 1.29 is 4.42 Å². The lowest BCUT2D eigenvalue weighted by Crippen LogP contribution is -1.84. The fourth-order valence-corrected chi connectivity index (χ4v) is 2.79. The maximum absolute atomic E-state index is 9.26. The molecule has 3 heteroatoms. The topological polar surface area (TPSA) is 49.8 Å². The van der Waals surface area contributed by atoms with Gasteiger partial charge in [0.2, 0.25) is 0 Å². The molecule has 0 spiro atoms. The van der Waals surface area contributed by atoms with Crippen LogP contribution in [0.5, 0.6) is 0 Å². The van der Waals surface area contributed by atoms with Crippen LogP contribution < -0.4 is 0 Å². The SMILES string of the molecule is Cc1ccnc(-c2cccc3c2oc2c(C#N)cccc23)c1. The van der Waals surface area contributed by atoms with Gasteiger partial charge in [-0.25, -0.2) is 0 Å². The molecule has 3 nitrogen and oxygen atoms in total. The third-order valence-corrected chi connectivity index (χ3v) is 3.84. The van der Waals surface area contributed by atoms with E-state index in [-0.39, 0.29) is 0 Å². The molecule has 2 heterocycles. The summed E-state index contributed by atoms with van der Waals surface area (Å²) in [6, 6.07) is 17.8. The summed E-state index contributed by atoms with van der Waals surface area (Å²) in [5, 5.41) is 11.2. The predicted molar refractivity (Wildman–Crippen MR) is 86.4 cm³/mol. The summed E-state index contributed by atoms with van der Waals surface area (Å²) in [7, 11) is 0. The summed E-state index contributed by atoms with van der Waals surface area (Å²) in [6.07, 6.45) is 1.80. The van der Waals surface area contributed by atoms with Gasteiger partial charge in [-0.3, -0.25) is 4.98 Å². The molecular weight excluding hydrogens is 272 g/mol. The van der Waals surface area contributed by atoms with Crippen LogP contribution in [0.15, 0.2) is 59.1 Å². The summed E-state index contributed by atoms with van der Waals surface area (Å²) in [6.45, 7) is 2.04. The van der Waals surface area contributed by atoms with Crippen LogP contribution in [0, 0.1) is 18.3 Å². The number of hydrogen-bond donors (Lipinski definition) is 0. The quantitative estimate of drug-likeness (QED) is 0.503. The van der Waals surface area contributed by atoms with Gasteiger partial charge in [-0.1, -0.05) is 24.3 Å². The molecule has 0 N–H and O–H groups in total. The molecule has 0 amide bonds. The first-order chi connectivity index (χ1) is 10.8. The van der Waals surface area contributed by atoms with E-state index in [1.165, 1.54) is 0 Å². The van der Waals surface area contributed by atoms with Crippen molar-refractivity contribution in [2.45, 2.75) is 6.92 Å². The Bertz CT molecular complexity index is 1050. The normalized spacial score (nSPS) is 10.9. The van der Waals surface area contributed by atoms with Crippen LogP contribution in [0.2, 0.25) is 0 Å². The van der Waals surface area contributed by atoms with E-state index in [1.54, 1.807) is 12.3 Å². The van der Waals surface area contributed by atoms with Crippen molar-refractivity contribution in [3.05, 3.63) is 65.9 Å². The molecule has 0 bridgehead atoms. The van der Waals surface area contributed by atoms with Crippen LogP contribution in [-0.2, 0) is 0 Å². The molecule has 0 fully saturated rings. The molecule has 0 saturated carbocycles. The predicted octanol–water partition coefficient (Wildman–Crippen LogP) is 4.83. The van der Waals surface area contributed by atoms with Gasteiger partial charge in [0.25, 0.3) is 0 Å². The summed E-state index contributed by atoms with van der Waals surface area (Å²) < 4.78 is 6.04. The molecule has 22 heavy (non-hydrogen) atoms. The lowest BCUT2D eigenvalue weighted by Gasteiger charge is -2.02. The van der Waals surface area contributed by atoms with Crippen molar-refractivity contribution in [1.29, 1.82) is 5.26 Å². The molecule has 4 rings (SSSR count). The molecule has 4 aromatic rings. The number of hydrogen-bond acceptors (Lipinski definition) is 3. The van der Waals surface area contributed by atoms with Crippen LogP contribution in [0.25, 0.3) is 33.2 Å². The first kappa shape index (κ1) is 12.6. The van der Waals surface area contributed by atoms with E-state index in [2.05, 4.69) is 11.1 Å². The Labute approximate surface area is 127 Å². The van der Waals surface area contributed by atoms with Crippen molar-refractivity contribution in [3.63, 3.8) is 0 Å². The highest BCUT2D eigenvalue weighted by molar-refractivity contribution is 6.10. The van der Waals surface area contributed by atoms with Crippen molar-refractivity contribution in [2.75, 3.05) is 0 Å². The van der Waals surface area contributed by atoms with Crippen molar-refractivity contribution in [1.82, 2.24) is 4.98 Å². The zero-order valence-corrected chi connectivity index (χ0v) is 12.0. The van der Waals surface area contributed by atoms with E-state index >= 15 is 0 Å². The Morgan fingerprint density at radius 2 is 1.77 bits per heavy atom. The Hall–Kier alpha value is -3.12. The van der Waals surface area contributed by atoms with Crippen molar-refractivity contribution in [2.24, 2.45) is 0 Å². The molecule has 2 aromatic carbocycles. The average Bonchev–Trinajstić information content (AvgIpc) is 2.93. The first-order valence-corrected chi connectivity index (χ1v) is 7.05. The smallest absolute Gasteiger partial charge is 0.153 e. The second kappa shape index (κ2) is 4.71. The third-order valence-electron chi connectivity index (χ3n) is 3.84. The van der Waals surface area contributed by atoms with Gasteiger partial charge in [0.15, 0.2) is 5.58 Å². The summed E-state index contributed by atoms with van der Waals surface area (Å²) in [5.74, 6) is 0. The molecule has 0 atom stereocenters. The molecule has 0 saturated heterocycles. The number of para-hydroxylation sites is 2. The highest BCUT2D eigenvalue weighted by atomic mass is 16.3. The fourth-order valence-electron chi connectivity index (χ4n) is 2.79. The van der Waals surface area contributed by atoms with Gasteiger partial charge in [-0.05, 0) is 36.8 Å². The largest absolute Gasteiger partial charge is 0.454 e. The van der Waals surface area contributed by atoms with Gasteiger partial charge < -0.3 is 4.42 Å². The average molecular weight is 284 g/mol. The Kier molecular flexibility index (Phi) is 2.70. The van der Waals surface area contributed by atoms with E-state index in [9.17, 15) is 5.26 Å². The van der Waals surface area contributed by atoms with E-state index in [4.69, 9.17) is 4.42 Å². The molecule has 0 aliphatic carbocycles. The summed E-state index contributed by atoms with van der Waals surface area (Å²) in [5.41, 5.74) is 4.94. The third kappa shape index (κ3) is 1.78. The number of aryl methyl sites for hydroxylation is 1. The highest BCUT2D eigenvalue weighted by Gasteiger charge is 2.14. The zero-order valence-electron chi connectivity index (χ0n) is 12.0. The maximum Gasteiger partial charge on any atom is 0.153 e. The molecule has 0 unspecified atom stereocenters. The fraction of sp³-hybridized carbons (Fsp3) is 0.0526. The van der Waals surface area contributed by atoms with Crippen LogP contribution in [0.1, 0.15) is 11.1 Å². The maximum atomic E-state index is 9.26. The van der Waals surface area contributed by atoms with Crippen LogP contribution in [-0.4, -0.2) is 4.98 Å². The number of nitrogens with zero attached hydrogens (tertiary/aromatic N) is 2. The minimum atomic E-state index is 0.553. The van der Waals surface area contributed by atoms with E-state index in [0.29, 0.717) is 11.1 Å². The monoisotopic (exact) mass is 284 g/mol. The molecule has 0 radical (unpaired) electrons. The van der Waals surface area contributed by atoms with Gasteiger partial charge in [0.05, 0.1) is 11.3 Å². The van der Waals surface area contributed by atoms with E-state index < -0.39 is 0 Å². The lowest BCUT2D eigenvalue weighted by atomic mass is 10.0. The number of furan rings is 1.